The summed E-state index contributed by atoms with van der Waals surface area (Å²) in [6.07, 6.45) is 6.34. The lowest BCUT2D eigenvalue weighted by Gasteiger charge is -2.16. The van der Waals surface area contributed by atoms with Gasteiger partial charge in [-0.15, -0.1) is 0 Å². The van der Waals surface area contributed by atoms with Crippen LogP contribution in [0.4, 0.5) is 0 Å². The molecule has 2 aromatic rings. The van der Waals surface area contributed by atoms with Crippen LogP contribution in [0.1, 0.15) is 19.1 Å². The first-order valence-electron chi connectivity index (χ1n) is 8.30. The van der Waals surface area contributed by atoms with Crippen LogP contribution < -0.4 is 10.6 Å². The van der Waals surface area contributed by atoms with E-state index in [1.165, 1.54) is 0 Å². The highest BCUT2D eigenvalue weighted by atomic mass is 16.5. The fourth-order valence-electron chi connectivity index (χ4n) is 2.23. The predicted octanol–water partition coefficient (Wildman–Crippen LogP) is 1.88. The maximum atomic E-state index is 5.55. The van der Waals surface area contributed by atoms with E-state index in [1.54, 1.807) is 19.5 Å². The van der Waals surface area contributed by atoms with Gasteiger partial charge in [-0.25, -0.2) is 0 Å². The first-order valence-corrected chi connectivity index (χ1v) is 8.30. The summed E-state index contributed by atoms with van der Waals surface area (Å²) in [4.78, 5) is 4.23. The number of nitrogens with zero attached hydrogens (tertiary/aromatic N) is 3. The van der Waals surface area contributed by atoms with Gasteiger partial charge in [0.2, 0.25) is 0 Å². The molecule has 0 aliphatic carbocycles. The Morgan fingerprint density at radius 1 is 1.42 bits per heavy atom. The van der Waals surface area contributed by atoms with Crippen LogP contribution >= 0.6 is 0 Å². The maximum absolute atomic E-state index is 5.55. The average Bonchev–Trinajstić information content (AvgIpc) is 3.27. The lowest BCUT2D eigenvalue weighted by atomic mass is 10.2. The van der Waals surface area contributed by atoms with Gasteiger partial charge in [-0.2, -0.15) is 5.10 Å². The Bertz CT molecular complexity index is 566. The van der Waals surface area contributed by atoms with Crippen LogP contribution in [-0.4, -0.2) is 42.5 Å². The number of aromatic nitrogens is 2. The van der Waals surface area contributed by atoms with E-state index in [1.807, 2.05) is 29.1 Å². The molecule has 24 heavy (non-hydrogen) atoms. The van der Waals surface area contributed by atoms with Gasteiger partial charge in [0, 0.05) is 45.7 Å². The summed E-state index contributed by atoms with van der Waals surface area (Å²) in [6, 6.07) is 5.71. The van der Waals surface area contributed by atoms with Crippen LogP contribution in [-0.2, 0) is 17.9 Å². The standard InChI is InChI=1S/C17H27N5O2/c1-15(13-22-9-4-8-21-22)12-20-17(18-2)19-7-5-10-23-14-16-6-3-11-24-16/h3-4,6,8-9,11,15H,5,7,10,12-14H2,1-2H3,(H2,18,19,20). The summed E-state index contributed by atoms with van der Waals surface area (Å²) in [6.45, 7) is 5.92. The molecular weight excluding hydrogens is 306 g/mol. The number of aliphatic imine (C=N–C) groups is 1. The summed E-state index contributed by atoms with van der Waals surface area (Å²) >= 11 is 0. The average molecular weight is 333 g/mol. The Morgan fingerprint density at radius 3 is 3.04 bits per heavy atom. The summed E-state index contributed by atoms with van der Waals surface area (Å²) in [7, 11) is 1.78. The predicted molar refractivity (Wildman–Crippen MR) is 93.7 cm³/mol. The molecule has 0 fully saturated rings. The van der Waals surface area contributed by atoms with E-state index in [-0.39, 0.29) is 0 Å². The van der Waals surface area contributed by atoms with Crippen LogP contribution in [0, 0.1) is 5.92 Å². The van der Waals surface area contributed by atoms with Crippen molar-refractivity contribution in [2.45, 2.75) is 26.5 Å². The lowest BCUT2D eigenvalue weighted by molar-refractivity contribution is 0.105. The Labute approximate surface area is 143 Å². The van der Waals surface area contributed by atoms with Crippen molar-refractivity contribution < 1.29 is 9.15 Å². The van der Waals surface area contributed by atoms with Crippen molar-refractivity contribution >= 4 is 5.96 Å². The lowest BCUT2D eigenvalue weighted by Crippen LogP contribution is -2.40. The fraction of sp³-hybridized carbons (Fsp3) is 0.529. The number of hydrogen-bond donors (Lipinski definition) is 2. The number of hydrogen-bond acceptors (Lipinski definition) is 4. The number of furan rings is 1. The molecular formula is C17H27N5O2. The molecule has 1 atom stereocenters. The molecule has 0 radical (unpaired) electrons. The Kier molecular flexibility index (Phi) is 7.89. The normalized spacial score (nSPS) is 13.0. The molecule has 2 aromatic heterocycles. The second kappa shape index (κ2) is 10.5. The molecule has 0 saturated heterocycles. The van der Waals surface area contributed by atoms with E-state index < -0.39 is 0 Å². The molecule has 2 heterocycles. The molecule has 0 spiro atoms. The van der Waals surface area contributed by atoms with E-state index in [2.05, 4.69) is 27.6 Å². The van der Waals surface area contributed by atoms with Gasteiger partial charge in [-0.3, -0.25) is 9.67 Å². The van der Waals surface area contributed by atoms with Crippen molar-refractivity contribution in [1.82, 2.24) is 20.4 Å². The van der Waals surface area contributed by atoms with Crippen molar-refractivity contribution in [1.29, 1.82) is 0 Å². The monoisotopic (exact) mass is 333 g/mol. The Hall–Kier alpha value is -2.28. The number of nitrogens with one attached hydrogen (secondary N) is 2. The van der Waals surface area contributed by atoms with Crippen LogP contribution in [0.2, 0.25) is 0 Å². The van der Waals surface area contributed by atoms with Crippen LogP contribution in [0.3, 0.4) is 0 Å². The van der Waals surface area contributed by atoms with Gasteiger partial charge in [0.15, 0.2) is 5.96 Å². The van der Waals surface area contributed by atoms with Gasteiger partial charge >= 0.3 is 0 Å². The number of ether oxygens (including phenoxy) is 1. The Balaban J connectivity index is 1.52. The van der Waals surface area contributed by atoms with Gasteiger partial charge in [0.25, 0.3) is 0 Å². The first kappa shape index (κ1) is 18.1. The molecule has 0 amide bonds. The zero-order chi connectivity index (χ0) is 17.0. The number of guanidine groups is 1. The molecule has 0 aliphatic heterocycles. The fourth-order valence-corrected chi connectivity index (χ4v) is 2.23. The van der Waals surface area contributed by atoms with Gasteiger partial charge < -0.3 is 19.8 Å². The minimum Gasteiger partial charge on any atom is -0.467 e. The van der Waals surface area contributed by atoms with Crippen molar-refractivity contribution in [3.8, 4) is 0 Å². The van der Waals surface area contributed by atoms with Crippen molar-refractivity contribution in [3.05, 3.63) is 42.6 Å². The molecule has 0 aromatic carbocycles. The third-order valence-electron chi connectivity index (χ3n) is 3.48. The van der Waals surface area contributed by atoms with E-state index in [4.69, 9.17) is 9.15 Å². The van der Waals surface area contributed by atoms with Gasteiger partial charge in [-0.1, -0.05) is 6.92 Å². The largest absolute Gasteiger partial charge is 0.467 e. The summed E-state index contributed by atoms with van der Waals surface area (Å²) in [5, 5.41) is 10.8. The highest BCUT2D eigenvalue weighted by Crippen LogP contribution is 2.01. The van der Waals surface area contributed by atoms with Crippen molar-refractivity contribution in [2.75, 3.05) is 26.7 Å². The molecule has 2 N–H and O–H groups in total. The van der Waals surface area contributed by atoms with Gasteiger partial charge in [0.1, 0.15) is 12.4 Å². The second-order valence-corrected chi connectivity index (χ2v) is 5.70. The summed E-state index contributed by atoms with van der Waals surface area (Å²) < 4.78 is 12.7. The smallest absolute Gasteiger partial charge is 0.190 e. The maximum Gasteiger partial charge on any atom is 0.190 e. The Morgan fingerprint density at radius 2 is 2.33 bits per heavy atom. The molecule has 7 nitrogen and oxygen atoms in total. The topological polar surface area (TPSA) is 76.6 Å². The quantitative estimate of drug-likeness (QED) is 0.394. The van der Waals surface area contributed by atoms with Crippen molar-refractivity contribution in [3.63, 3.8) is 0 Å². The minimum absolute atomic E-state index is 0.458. The molecule has 7 heteroatoms. The van der Waals surface area contributed by atoms with Gasteiger partial charge in [0.05, 0.1) is 6.26 Å². The molecule has 1 unspecified atom stereocenters. The summed E-state index contributed by atoms with van der Waals surface area (Å²) in [5.41, 5.74) is 0. The van der Waals surface area contributed by atoms with Crippen LogP contribution in [0.15, 0.2) is 46.3 Å². The molecule has 0 saturated carbocycles. The highest BCUT2D eigenvalue weighted by molar-refractivity contribution is 5.79. The summed E-state index contributed by atoms with van der Waals surface area (Å²) in [5.74, 6) is 2.13. The van der Waals surface area contributed by atoms with Crippen LogP contribution in [0.25, 0.3) is 0 Å². The van der Waals surface area contributed by atoms with E-state index in [9.17, 15) is 0 Å². The zero-order valence-corrected chi connectivity index (χ0v) is 14.4. The highest BCUT2D eigenvalue weighted by Gasteiger charge is 2.05. The molecule has 0 bridgehead atoms. The van der Waals surface area contributed by atoms with Crippen molar-refractivity contribution in [2.24, 2.45) is 10.9 Å². The first-order chi connectivity index (χ1) is 11.8. The molecule has 132 valence electrons. The van der Waals surface area contributed by atoms with Crippen LogP contribution in [0.5, 0.6) is 0 Å². The number of rotatable bonds is 10. The van der Waals surface area contributed by atoms with E-state index in [0.29, 0.717) is 19.1 Å². The second-order valence-electron chi connectivity index (χ2n) is 5.70. The SMILES string of the molecule is CN=C(NCCCOCc1ccco1)NCC(C)Cn1cccn1. The zero-order valence-electron chi connectivity index (χ0n) is 14.4. The third kappa shape index (κ3) is 6.87. The van der Waals surface area contributed by atoms with E-state index in [0.717, 1.165) is 37.8 Å². The minimum atomic E-state index is 0.458. The third-order valence-corrected chi connectivity index (χ3v) is 3.48. The van der Waals surface area contributed by atoms with Gasteiger partial charge in [-0.05, 0) is 30.5 Å². The molecule has 0 aliphatic rings. The molecule has 2 rings (SSSR count). The van der Waals surface area contributed by atoms with E-state index >= 15 is 0 Å².